The number of hydrogen-bond acceptors (Lipinski definition) is 3. The molecule has 38 heavy (non-hydrogen) atoms. The summed E-state index contributed by atoms with van der Waals surface area (Å²) < 4.78 is 36.5. The van der Waals surface area contributed by atoms with Crippen LogP contribution in [0.3, 0.4) is 0 Å². The molecule has 0 heterocycles. The fraction of sp³-hybridized carbons (Fsp3) is 0.107. The number of benzene rings is 3. The van der Waals surface area contributed by atoms with E-state index in [0.717, 1.165) is 42.8 Å². The number of halogens is 3. The molecule has 1 aliphatic rings. The van der Waals surface area contributed by atoms with E-state index < -0.39 is 35.4 Å². The van der Waals surface area contributed by atoms with Crippen molar-refractivity contribution >= 4 is 17.9 Å². The summed E-state index contributed by atoms with van der Waals surface area (Å²) in [5.41, 5.74) is 3.00. The van der Waals surface area contributed by atoms with Gasteiger partial charge in [-0.15, -0.1) is 13.3 Å². The van der Waals surface area contributed by atoms with Crippen LogP contribution in [-0.4, -0.2) is 33.2 Å². The van der Waals surface area contributed by atoms with Gasteiger partial charge in [-0.2, -0.15) is 6.08 Å². The first-order valence-corrected chi connectivity index (χ1v) is 10.6. The minimum Gasteiger partial charge on any atom is -0.478 e. The van der Waals surface area contributed by atoms with Crippen LogP contribution in [0.5, 0.6) is 0 Å². The Morgan fingerprint density at radius 1 is 0.605 bits per heavy atom. The second kappa shape index (κ2) is 17.5. The van der Waals surface area contributed by atoms with Crippen LogP contribution < -0.4 is 0 Å². The third kappa shape index (κ3) is 13.4. The van der Waals surface area contributed by atoms with Crippen LogP contribution in [0, 0.1) is 23.5 Å². The summed E-state index contributed by atoms with van der Waals surface area (Å²) in [6.45, 7) is 4.22. The average molecular weight is 561 g/mol. The number of hydrogen-bond donors (Lipinski definition) is 3. The van der Waals surface area contributed by atoms with Gasteiger partial charge in [0.05, 0.1) is 16.7 Å². The van der Waals surface area contributed by atoms with Gasteiger partial charge in [-0.25, -0.2) is 38.7 Å². The summed E-state index contributed by atoms with van der Waals surface area (Å²) in [4.78, 5) is 30.6. The molecule has 0 atom stereocenters. The first-order valence-electron chi connectivity index (χ1n) is 10.6. The summed E-state index contributed by atoms with van der Waals surface area (Å²) in [5.74, 6) is -4.40. The quantitative estimate of drug-likeness (QED) is 0.244. The van der Waals surface area contributed by atoms with Crippen molar-refractivity contribution in [1.82, 2.24) is 0 Å². The molecule has 0 amide bonds. The molecule has 6 nitrogen and oxygen atoms in total. The van der Waals surface area contributed by atoms with E-state index in [2.05, 4.69) is 26.0 Å². The smallest absolute Gasteiger partial charge is 0.335 e. The molecule has 3 aromatic carbocycles. The van der Waals surface area contributed by atoms with E-state index in [1.165, 1.54) is 47.5 Å². The van der Waals surface area contributed by atoms with Crippen LogP contribution in [0.15, 0.2) is 90.0 Å². The molecule has 4 rings (SSSR count). The SMILES string of the molecule is CC1=[C-]CC=C1C.O=C(O)c1ccc(F)cc1.O=C(O)c1ccc(F)cc1.O=C(O)c1ccc(F)cc1.[Ti]. The zero-order chi connectivity index (χ0) is 28.0. The van der Waals surface area contributed by atoms with Crippen molar-refractivity contribution in [1.29, 1.82) is 0 Å². The zero-order valence-electron chi connectivity index (χ0n) is 20.4. The number of rotatable bonds is 3. The topological polar surface area (TPSA) is 112 Å². The number of allylic oxidation sites excluding steroid dienone is 4. The second-order valence-corrected chi connectivity index (χ2v) is 7.33. The monoisotopic (exact) mass is 561 g/mol. The van der Waals surface area contributed by atoms with E-state index in [4.69, 9.17) is 15.3 Å². The summed E-state index contributed by atoms with van der Waals surface area (Å²) in [5, 5.41) is 25.1. The molecule has 0 saturated heterocycles. The van der Waals surface area contributed by atoms with Crippen molar-refractivity contribution in [2.24, 2.45) is 0 Å². The van der Waals surface area contributed by atoms with Gasteiger partial charge in [0.2, 0.25) is 0 Å². The minimum atomic E-state index is -1.04. The predicted molar refractivity (Wildman–Crippen MR) is 131 cm³/mol. The molecule has 3 aromatic rings. The van der Waals surface area contributed by atoms with E-state index in [0.29, 0.717) is 0 Å². The molecule has 0 aliphatic heterocycles. The number of aromatic carboxylic acids is 3. The Morgan fingerprint density at radius 3 is 1.00 bits per heavy atom. The van der Waals surface area contributed by atoms with Gasteiger partial charge in [-0.1, -0.05) is 6.92 Å². The molecular formula is C28H24F3O6Ti-. The molecule has 3 N–H and O–H groups in total. The molecule has 0 aromatic heterocycles. The Hall–Kier alpha value is -3.95. The van der Waals surface area contributed by atoms with Crippen molar-refractivity contribution in [3.05, 3.63) is 130 Å². The van der Waals surface area contributed by atoms with Crippen molar-refractivity contribution < 1.29 is 64.6 Å². The van der Waals surface area contributed by atoms with Gasteiger partial charge in [0.25, 0.3) is 0 Å². The summed E-state index contributed by atoms with van der Waals surface area (Å²) in [7, 11) is 0. The third-order valence-corrected chi connectivity index (χ3v) is 4.64. The minimum absolute atomic E-state index is 0. The van der Waals surface area contributed by atoms with Crippen molar-refractivity contribution in [2.45, 2.75) is 20.3 Å². The Morgan fingerprint density at radius 2 is 0.868 bits per heavy atom. The number of carboxylic acids is 3. The molecule has 0 saturated carbocycles. The van der Waals surface area contributed by atoms with Gasteiger partial charge in [0, 0.05) is 21.7 Å². The zero-order valence-corrected chi connectivity index (χ0v) is 22.0. The van der Waals surface area contributed by atoms with Gasteiger partial charge in [0.1, 0.15) is 17.5 Å². The molecular weight excluding hydrogens is 537 g/mol. The summed E-state index contributed by atoms with van der Waals surface area (Å²) in [6.07, 6.45) is 6.41. The fourth-order valence-corrected chi connectivity index (χ4v) is 2.43. The molecule has 198 valence electrons. The van der Waals surface area contributed by atoms with Gasteiger partial charge in [0.15, 0.2) is 0 Å². The Labute approximate surface area is 232 Å². The Bertz CT molecular complexity index is 1110. The van der Waals surface area contributed by atoms with Crippen molar-refractivity contribution in [2.75, 3.05) is 0 Å². The molecule has 0 bridgehead atoms. The molecule has 0 unspecified atom stereocenters. The molecule has 1 aliphatic carbocycles. The van der Waals surface area contributed by atoms with Crippen molar-refractivity contribution in [3.63, 3.8) is 0 Å². The van der Waals surface area contributed by atoms with E-state index in [1.54, 1.807) is 0 Å². The van der Waals surface area contributed by atoms with Crippen LogP contribution in [0.2, 0.25) is 0 Å². The van der Waals surface area contributed by atoms with Crippen LogP contribution in [0.4, 0.5) is 13.2 Å². The standard InChI is InChI=1S/3C7H5FO2.C7H9.Ti/c3*8-6-3-1-5(2-4-6)7(9)10;1-6-4-3-5-7(6)2;/h3*1-4H,(H,9,10);4H,3H2,1-2H3;/q;;;-1;. The fourth-order valence-electron chi connectivity index (χ4n) is 2.43. The average Bonchev–Trinajstić information content (AvgIpc) is 3.23. The van der Waals surface area contributed by atoms with E-state index in [9.17, 15) is 27.6 Å². The van der Waals surface area contributed by atoms with E-state index in [-0.39, 0.29) is 38.4 Å². The predicted octanol–water partition coefficient (Wildman–Crippen LogP) is 6.66. The normalized spacial score (nSPS) is 10.9. The maximum atomic E-state index is 12.2. The van der Waals surface area contributed by atoms with Crippen LogP contribution in [0.1, 0.15) is 51.3 Å². The third-order valence-electron chi connectivity index (χ3n) is 4.64. The molecule has 10 heteroatoms. The largest absolute Gasteiger partial charge is 0.478 e. The van der Waals surface area contributed by atoms with Crippen LogP contribution >= 0.6 is 0 Å². The summed E-state index contributed by atoms with van der Waals surface area (Å²) in [6, 6.07) is 14.0. The number of carboxylic acid groups (broad SMARTS) is 3. The van der Waals surface area contributed by atoms with Crippen LogP contribution in [-0.2, 0) is 21.7 Å². The second-order valence-electron chi connectivity index (χ2n) is 7.33. The molecule has 0 fully saturated rings. The molecule has 0 radical (unpaired) electrons. The molecule has 0 spiro atoms. The van der Waals surface area contributed by atoms with E-state index >= 15 is 0 Å². The maximum absolute atomic E-state index is 12.2. The van der Waals surface area contributed by atoms with Gasteiger partial charge >= 0.3 is 17.9 Å². The van der Waals surface area contributed by atoms with Gasteiger partial charge in [-0.05, 0) is 72.8 Å². The van der Waals surface area contributed by atoms with Crippen molar-refractivity contribution in [3.8, 4) is 0 Å². The van der Waals surface area contributed by atoms with E-state index in [1.807, 2.05) is 0 Å². The summed E-state index contributed by atoms with van der Waals surface area (Å²) >= 11 is 0. The first kappa shape index (κ1) is 34.1. The first-order chi connectivity index (χ1) is 17.4. The Kier molecular flexibility index (Phi) is 15.7. The van der Waals surface area contributed by atoms with Crippen LogP contribution in [0.25, 0.3) is 0 Å². The van der Waals surface area contributed by atoms with Gasteiger partial charge in [-0.3, -0.25) is 6.08 Å². The Balaban J connectivity index is 0.000000480. The maximum Gasteiger partial charge on any atom is 0.335 e. The number of carbonyl (C=O) groups is 3. The van der Waals surface area contributed by atoms with Gasteiger partial charge < -0.3 is 15.3 Å².